The summed E-state index contributed by atoms with van der Waals surface area (Å²) in [6.07, 6.45) is 3.32. The van der Waals surface area contributed by atoms with Gasteiger partial charge >= 0.3 is 5.97 Å². The molecular weight excluding hydrogens is 392 g/mol. The van der Waals surface area contributed by atoms with Crippen LogP contribution in [0.2, 0.25) is 0 Å². The van der Waals surface area contributed by atoms with Crippen LogP contribution in [0.5, 0.6) is 0 Å². The zero-order chi connectivity index (χ0) is 22.1. The number of esters is 1. The number of benzene rings is 1. The summed E-state index contributed by atoms with van der Waals surface area (Å²) in [5, 5.41) is 10.9. The number of allylic oxidation sites excluding steroid dienone is 2. The van der Waals surface area contributed by atoms with E-state index in [1.165, 1.54) is 13.5 Å². The number of hydrogen-bond acceptors (Lipinski definition) is 7. The second-order valence-electron chi connectivity index (χ2n) is 8.03. The SMILES string of the molecule is COC(=O)C1=C(C)OC(N)=C(C#N)[C@@H]1c1cc2cc(C)ccc2nc1N1CCCCC1. The van der Waals surface area contributed by atoms with Crippen molar-refractivity contribution in [2.24, 2.45) is 5.73 Å². The van der Waals surface area contributed by atoms with Gasteiger partial charge in [0.05, 0.1) is 24.1 Å². The molecule has 2 aliphatic rings. The van der Waals surface area contributed by atoms with Gasteiger partial charge in [-0.05, 0) is 51.3 Å². The number of carbonyl (C=O) groups excluding carboxylic acids is 1. The van der Waals surface area contributed by atoms with Crippen molar-refractivity contribution in [2.75, 3.05) is 25.1 Å². The first-order chi connectivity index (χ1) is 14.9. The quantitative estimate of drug-likeness (QED) is 0.757. The van der Waals surface area contributed by atoms with Crippen molar-refractivity contribution in [3.05, 3.63) is 58.2 Å². The summed E-state index contributed by atoms with van der Waals surface area (Å²) in [5.74, 6) is -0.135. The van der Waals surface area contributed by atoms with Crippen LogP contribution in [0.1, 0.15) is 43.2 Å². The summed E-state index contributed by atoms with van der Waals surface area (Å²) >= 11 is 0. The molecular formula is C24H26N4O3. The van der Waals surface area contributed by atoms with Crippen molar-refractivity contribution in [3.63, 3.8) is 0 Å². The molecule has 3 heterocycles. The number of piperidine rings is 1. The second-order valence-corrected chi connectivity index (χ2v) is 8.03. The van der Waals surface area contributed by atoms with Gasteiger partial charge in [0.2, 0.25) is 5.88 Å². The molecule has 7 nitrogen and oxygen atoms in total. The van der Waals surface area contributed by atoms with Crippen molar-refractivity contribution in [1.82, 2.24) is 4.98 Å². The Labute approximate surface area is 181 Å². The van der Waals surface area contributed by atoms with E-state index in [2.05, 4.69) is 17.0 Å². The van der Waals surface area contributed by atoms with Gasteiger partial charge in [0.15, 0.2) is 0 Å². The molecule has 1 atom stereocenters. The molecule has 2 aromatic rings. The molecule has 7 heteroatoms. The van der Waals surface area contributed by atoms with Crippen LogP contribution in [0.15, 0.2) is 47.1 Å². The minimum atomic E-state index is -0.708. The molecule has 0 spiro atoms. The highest BCUT2D eigenvalue weighted by atomic mass is 16.5. The van der Waals surface area contributed by atoms with Gasteiger partial charge in [-0.15, -0.1) is 0 Å². The molecule has 0 amide bonds. The Kier molecular flexibility index (Phi) is 5.55. The Morgan fingerprint density at radius 1 is 1.26 bits per heavy atom. The number of rotatable bonds is 3. The molecule has 2 aliphatic heterocycles. The summed E-state index contributed by atoms with van der Waals surface area (Å²) in [6.45, 7) is 5.43. The van der Waals surface area contributed by atoms with E-state index in [-0.39, 0.29) is 17.0 Å². The zero-order valence-corrected chi connectivity index (χ0v) is 18.1. The fraction of sp³-hybridized carbons (Fsp3) is 0.375. The third-order valence-corrected chi connectivity index (χ3v) is 5.96. The number of pyridine rings is 1. The highest BCUT2D eigenvalue weighted by molar-refractivity contribution is 5.94. The lowest BCUT2D eigenvalue weighted by Crippen LogP contribution is -2.33. The average molecular weight is 418 g/mol. The predicted octanol–water partition coefficient (Wildman–Crippen LogP) is 3.79. The Balaban J connectivity index is 2.01. The van der Waals surface area contributed by atoms with Crippen molar-refractivity contribution in [1.29, 1.82) is 5.26 Å². The van der Waals surface area contributed by atoms with E-state index >= 15 is 0 Å². The van der Waals surface area contributed by atoms with Crippen molar-refractivity contribution in [3.8, 4) is 6.07 Å². The molecule has 0 bridgehead atoms. The number of hydrogen-bond donors (Lipinski definition) is 1. The van der Waals surface area contributed by atoms with Crippen LogP contribution < -0.4 is 10.6 Å². The largest absolute Gasteiger partial charge is 0.466 e. The molecule has 2 N–H and O–H groups in total. The number of ether oxygens (including phenoxy) is 2. The van der Waals surface area contributed by atoms with Gasteiger partial charge in [-0.3, -0.25) is 0 Å². The van der Waals surface area contributed by atoms with Crippen molar-refractivity contribution in [2.45, 2.75) is 39.0 Å². The predicted molar refractivity (Wildman–Crippen MR) is 118 cm³/mol. The maximum Gasteiger partial charge on any atom is 0.338 e. The highest BCUT2D eigenvalue weighted by Gasteiger charge is 2.38. The van der Waals surface area contributed by atoms with E-state index in [4.69, 9.17) is 20.2 Å². The van der Waals surface area contributed by atoms with Gasteiger partial charge < -0.3 is 20.1 Å². The third-order valence-electron chi connectivity index (χ3n) is 5.96. The molecule has 31 heavy (non-hydrogen) atoms. The van der Waals surface area contributed by atoms with Crippen LogP contribution in [0, 0.1) is 18.3 Å². The first-order valence-electron chi connectivity index (χ1n) is 10.5. The first-order valence-corrected chi connectivity index (χ1v) is 10.5. The first kappa shape index (κ1) is 20.7. The van der Waals surface area contributed by atoms with Crippen LogP contribution >= 0.6 is 0 Å². The lowest BCUT2D eigenvalue weighted by molar-refractivity contribution is -0.136. The molecule has 1 saturated heterocycles. The summed E-state index contributed by atoms with van der Waals surface area (Å²) < 4.78 is 10.6. The van der Waals surface area contributed by atoms with Gasteiger partial charge in [-0.25, -0.2) is 9.78 Å². The number of fused-ring (bicyclic) bond motifs is 1. The smallest absolute Gasteiger partial charge is 0.338 e. The Hall–Kier alpha value is -3.53. The Morgan fingerprint density at radius 2 is 2.00 bits per heavy atom. The number of nitrogens with two attached hydrogens (primary N) is 1. The van der Waals surface area contributed by atoms with E-state index in [9.17, 15) is 10.1 Å². The van der Waals surface area contributed by atoms with Crippen LogP contribution in [-0.4, -0.2) is 31.2 Å². The van der Waals surface area contributed by atoms with Gasteiger partial charge in [-0.2, -0.15) is 5.26 Å². The Bertz CT molecular complexity index is 1150. The maximum atomic E-state index is 12.8. The monoisotopic (exact) mass is 418 g/mol. The summed E-state index contributed by atoms with van der Waals surface area (Å²) in [4.78, 5) is 20.0. The molecule has 1 fully saturated rings. The number of aryl methyl sites for hydroxylation is 1. The number of carbonyl (C=O) groups is 1. The Morgan fingerprint density at radius 3 is 2.68 bits per heavy atom. The number of nitriles is 1. The van der Waals surface area contributed by atoms with Gasteiger partial charge in [0.1, 0.15) is 23.2 Å². The molecule has 1 aromatic heterocycles. The van der Waals surface area contributed by atoms with Crippen molar-refractivity contribution >= 4 is 22.7 Å². The maximum absolute atomic E-state index is 12.8. The normalized spacial score (nSPS) is 19.3. The fourth-order valence-electron chi connectivity index (χ4n) is 4.44. The van der Waals surface area contributed by atoms with E-state index in [0.29, 0.717) is 5.76 Å². The lowest BCUT2D eigenvalue weighted by Gasteiger charge is -2.33. The van der Waals surface area contributed by atoms with E-state index < -0.39 is 11.9 Å². The molecule has 160 valence electrons. The number of anilines is 1. The molecule has 4 rings (SSSR count). The summed E-state index contributed by atoms with van der Waals surface area (Å²) in [7, 11) is 1.32. The van der Waals surface area contributed by atoms with Gasteiger partial charge in [0.25, 0.3) is 0 Å². The number of methoxy groups -OCH3 is 1. The summed E-state index contributed by atoms with van der Waals surface area (Å²) in [6, 6.07) is 10.3. The number of nitrogens with zero attached hydrogens (tertiary/aromatic N) is 3. The minimum Gasteiger partial charge on any atom is -0.466 e. The molecule has 1 aromatic carbocycles. The average Bonchev–Trinajstić information content (AvgIpc) is 2.77. The topological polar surface area (TPSA) is 101 Å². The van der Waals surface area contributed by atoms with Crippen LogP contribution in [0.25, 0.3) is 10.9 Å². The van der Waals surface area contributed by atoms with E-state index in [0.717, 1.165) is 53.8 Å². The van der Waals surface area contributed by atoms with E-state index in [1.54, 1.807) is 6.92 Å². The molecule has 0 radical (unpaired) electrons. The van der Waals surface area contributed by atoms with Gasteiger partial charge in [-0.1, -0.05) is 11.6 Å². The lowest BCUT2D eigenvalue weighted by atomic mass is 9.82. The standard InChI is InChI=1S/C24H26N4O3/c1-14-7-8-19-16(11-14)12-17(23(27-19)28-9-5-4-6-10-28)21-18(13-25)22(26)31-15(2)20(21)24(29)30-3/h7-8,11-12,21H,4-6,9-10,26H2,1-3H3/t21-/m0/s1. The second kappa shape index (κ2) is 8.31. The van der Waals surface area contributed by atoms with Gasteiger partial charge in [0, 0.05) is 24.0 Å². The minimum absolute atomic E-state index is 0.00610. The fourth-order valence-corrected chi connectivity index (χ4v) is 4.44. The molecule has 0 aliphatic carbocycles. The zero-order valence-electron chi connectivity index (χ0n) is 18.1. The highest BCUT2D eigenvalue weighted by Crippen LogP contribution is 2.44. The third kappa shape index (κ3) is 3.70. The van der Waals surface area contributed by atoms with Crippen LogP contribution in [-0.2, 0) is 14.3 Å². The summed E-state index contributed by atoms with van der Waals surface area (Å²) in [5.41, 5.74) is 9.31. The van der Waals surface area contributed by atoms with Crippen molar-refractivity contribution < 1.29 is 14.3 Å². The van der Waals surface area contributed by atoms with E-state index in [1.807, 2.05) is 25.1 Å². The molecule has 0 saturated carbocycles. The van der Waals surface area contributed by atoms with Crippen LogP contribution in [0.4, 0.5) is 5.82 Å². The van der Waals surface area contributed by atoms with Crippen LogP contribution in [0.3, 0.4) is 0 Å². The number of aromatic nitrogens is 1. The molecule has 0 unspecified atom stereocenters.